The van der Waals surface area contributed by atoms with Gasteiger partial charge in [-0.2, -0.15) is 0 Å². The van der Waals surface area contributed by atoms with E-state index in [2.05, 4.69) is 4.72 Å². The number of hydrogen-bond donors (Lipinski definition) is 1. The molecule has 1 heterocycles. The van der Waals surface area contributed by atoms with E-state index in [1.165, 1.54) is 19.2 Å². The number of methoxy groups -OCH3 is 1. The molecular formula is C17H15ClN2O3S. The molecule has 0 atom stereocenters. The lowest BCUT2D eigenvalue weighted by Gasteiger charge is -2.15. The minimum absolute atomic E-state index is 0.0141. The molecule has 0 aliphatic heterocycles. The minimum Gasteiger partial charge on any atom is -0.495 e. The number of aromatic nitrogens is 1. The maximum Gasteiger partial charge on any atom is 0.265 e. The monoisotopic (exact) mass is 362 g/mol. The van der Waals surface area contributed by atoms with Gasteiger partial charge in [-0.05, 0) is 42.5 Å². The van der Waals surface area contributed by atoms with Gasteiger partial charge in [0.2, 0.25) is 0 Å². The number of nitrogens with one attached hydrogen (secondary N) is 1. The number of ether oxygens (including phenoxy) is 1. The van der Waals surface area contributed by atoms with Gasteiger partial charge in [0, 0.05) is 17.4 Å². The summed E-state index contributed by atoms with van der Waals surface area (Å²) in [5, 5.41) is 0.315. The van der Waals surface area contributed by atoms with Gasteiger partial charge in [0.05, 0.1) is 18.5 Å². The third kappa shape index (κ3) is 3.25. The first kappa shape index (κ1) is 16.4. The van der Waals surface area contributed by atoms with E-state index >= 15 is 0 Å². The van der Waals surface area contributed by atoms with Crippen molar-refractivity contribution < 1.29 is 13.2 Å². The normalized spacial score (nSPS) is 11.2. The fourth-order valence-corrected chi connectivity index (χ4v) is 3.85. The predicted octanol–water partition coefficient (Wildman–Crippen LogP) is 3.94. The van der Waals surface area contributed by atoms with Crippen molar-refractivity contribution in [2.24, 2.45) is 0 Å². The summed E-state index contributed by atoms with van der Waals surface area (Å²) in [6.45, 7) is 0. The molecule has 0 aliphatic rings. The number of nitrogens with zero attached hydrogens (tertiary/aromatic N) is 1. The quantitative estimate of drug-likeness (QED) is 0.747. The van der Waals surface area contributed by atoms with Gasteiger partial charge in [0.15, 0.2) is 0 Å². The molecule has 0 aliphatic carbocycles. The lowest BCUT2D eigenvalue weighted by atomic mass is 10.3. The highest BCUT2D eigenvalue weighted by Gasteiger charge is 2.21. The Labute approximate surface area is 145 Å². The first-order valence-corrected chi connectivity index (χ1v) is 8.96. The van der Waals surface area contributed by atoms with Crippen molar-refractivity contribution in [3.05, 3.63) is 72.0 Å². The smallest absolute Gasteiger partial charge is 0.265 e. The number of rotatable bonds is 5. The molecule has 0 spiro atoms. The van der Waals surface area contributed by atoms with Crippen LogP contribution < -0.4 is 9.46 Å². The fraction of sp³-hybridized carbons (Fsp3) is 0.0588. The van der Waals surface area contributed by atoms with Crippen LogP contribution in [0.5, 0.6) is 5.75 Å². The number of sulfonamides is 1. The molecule has 24 heavy (non-hydrogen) atoms. The molecule has 0 fully saturated rings. The zero-order valence-electron chi connectivity index (χ0n) is 12.8. The van der Waals surface area contributed by atoms with E-state index in [9.17, 15) is 8.42 Å². The molecule has 7 heteroatoms. The van der Waals surface area contributed by atoms with E-state index in [-0.39, 0.29) is 10.6 Å². The molecule has 5 nitrogen and oxygen atoms in total. The van der Waals surface area contributed by atoms with Gasteiger partial charge in [0.25, 0.3) is 10.0 Å². The zero-order chi connectivity index (χ0) is 17.2. The average Bonchev–Trinajstić information content (AvgIpc) is 3.09. The first-order chi connectivity index (χ1) is 11.5. The maximum absolute atomic E-state index is 12.8. The maximum atomic E-state index is 12.8. The van der Waals surface area contributed by atoms with Gasteiger partial charge in [0.1, 0.15) is 10.6 Å². The molecule has 1 N–H and O–H groups in total. The molecule has 0 bridgehead atoms. The minimum atomic E-state index is -3.86. The molecule has 124 valence electrons. The van der Waals surface area contributed by atoms with Crippen LogP contribution in [0.15, 0.2) is 71.9 Å². The van der Waals surface area contributed by atoms with Crippen LogP contribution in [0.2, 0.25) is 5.02 Å². The van der Waals surface area contributed by atoms with Gasteiger partial charge < -0.3 is 9.30 Å². The van der Waals surface area contributed by atoms with Crippen molar-refractivity contribution in [1.82, 2.24) is 4.57 Å². The van der Waals surface area contributed by atoms with Crippen molar-refractivity contribution in [3.63, 3.8) is 0 Å². The first-order valence-electron chi connectivity index (χ1n) is 7.10. The lowest BCUT2D eigenvalue weighted by molar-refractivity contribution is 0.403. The van der Waals surface area contributed by atoms with Gasteiger partial charge in [-0.15, -0.1) is 0 Å². The largest absolute Gasteiger partial charge is 0.495 e. The van der Waals surface area contributed by atoms with Gasteiger partial charge in [-0.3, -0.25) is 4.72 Å². The van der Waals surface area contributed by atoms with Crippen LogP contribution in [0.3, 0.4) is 0 Å². The molecule has 2 aromatic carbocycles. The fourth-order valence-electron chi connectivity index (χ4n) is 2.34. The number of benzene rings is 2. The summed E-state index contributed by atoms with van der Waals surface area (Å²) in [4.78, 5) is -0.0141. The van der Waals surface area contributed by atoms with Gasteiger partial charge in [-0.1, -0.05) is 23.7 Å². The van der Waals surface area contributed by atoms with Crippen LogP contribution in [0.1, 0.15) is 0 Å². The third-order valence-corrected chi connectivity index (χ3v) is 5.07. The zero-order valence-corrected chi connectivity index (χ0v) is 14.4. The van der Waals surface area contributed by atoms with Crippen LogP contribution in [0.25, 0.3) is 5.69 Å². The highest BCUT2D eigenvalue weighted by molar-refractivity contribution is 7.92. The number of para-hydroxylation sites is 2. The molecule has 0 radical (unpaired) electrons. The number of hydrogen-bond acceptors (Lipinski definition) is 3. The van der Waals surface area contributed by atoms with E-state index in [1.54, 1.807) is 18.2 Å². The van der Waals surface area contributed by atoms with Gasteiger partial charge >= 0.3 is 0 Å². The second-order valence-corrected chi connectivity index (χ2v) is 7.10. The molecule has 0 unspecified atom stereocenters. The van der Waals surface area contributed by atoms with Crippen LogP contribution in [-0.2, 0) is 10.0 Å². The Kier molecular flexibility index (Phi) is 4.51. The highest BCUT2D eigenvalue weighted by atomic mass is 35.5. The Bertz CT molecular complexity index is 954. The summed E-state index contributed by atoms with van der Waals surface area (Å²) < 4.78 is 35.2. The van der Waals surface area contributed by atoms with E-state index in [0.29, 0.717) is 16.4 Å². The van der Waals surface area contributed by atoms with Crippen molar-refractivity contribution in [2.45, 2.75) is 4.90 Å². The Hall–Kier alpha value is -2.44. The molecule has 0 saturated carbocycles. The Morgan fingerprint density at radius 3 is 2.46 bits per heavy atom. The van der Waals surface area contributed by atoms with E-state index < -0.39 is 10.0 Å². The standard InChI is InChI=1S/C17H15ClN2O3S/c1-23-16-9-8-13(18)12-17(16)24(21,22)19-14-6-2-3-7-15(14)20-10-4-5-11-20/h2-12,19H,1H3. The highest BCUT2D eigenvalue weighted by Crippen LogP contribution is 2.30. The Morgan fingerprint density at radius 2 is 1.75 bits per heavy atom. The second-order valence-electron chi connectivity index (χ2n) is 5.01. The summed E-state index contributed by atoms with van der Waals surface area (Å²) >= 11 is 5.94. The van der Waals surface area contributed by atoms with E-state index in [0.717, 1.165) is 0 Å². The summed E-state index contributed by atoms with van der Waals surface area (Å²) in [5.74, 6) is 0.227. The molecule has 0 saturated heterocycles. The molecule has 3 aromatic rings. The van der Waals surface area contributed by atoms with Crippen molar-refractivity contribution in [1.29, 1.82) is 0 Å². The summed E-state index contributed by atoms with van der Waals surface area (Å²) in [5.41, 5.74) is 1.17. The summed E-state index contributed by atoms with van der Waals surface area (Å²) in [6, 6.07) is 15.3. The van der Waals surface area contributed by atoms with Crippen LogP contribution >= 0.6 is 11.6 Å². The van der Waals surface area contributed by atoms with Crippen molar-refractivity contribution in [2.75, 3.05) is 11.8 Å². The second kappa shape index (κ2) is 6.59. The molecule has 0 amide bonds. The number of anilines is 1. The third-order valence-electron chi connectivity index (χ3n) is 3.45. The number of halogens is 1. The van der Waals surface area contributed by atoms with Crippen molar-refractivity contribution in [3.8, 4) is 11.4 Å². The van der Waals surface area contributed by atoms with Crippen molar-refractivity contribution >= 4 is 27.3 Å². The topological polar surface area (TPSA) is 60.3 Å². The molecule has 1 aromatic heterocycles. The Balaban J connectivity index is 2.04. The van der Waals surface area contributed by atoms with Crippen LogP contribution in [-0.4, -0.2) is 20.1 Å². The van der Waals surface area contributed by atoms with Crippen LogP contribution in [0, 0.1) is 0 Å². The lowest BCUT2D eigenvalue weighted by Crippen LogP contribution is -2.15. The van der Waals surface area contributed by atoms with Crippen LogP contribution in [0.4, 0.5) is 5.69 Å². The average molecular weight is 363 g/mol. The summed E-state index contributed by atoms with van der Waals surface area (Å²) in [7, 11) is -2.45. The van der Waals surface area contributed by atoms with E-state index in [1.807, 2.05) is 41.2 Å². The Morgan fingerprint density at radius 1 is 1.04 bits per heavy atom. The van der Waals surface area contributed by atoms with E-state index in [4.69, 9.17) is 16.3 Å². The molecular weight excluding hydrogens is 348 g/mol. The predicted molar refractivity (Wildman–Crippen MR) is 94.6 cm³/mol. The SMILES string of the molecule is COc1ccc(Cl)cc1S(=O)(=O)Nc1ccccc1-n1cccc1. The van der Waals surface area contributed by atoms with Gasteiger partial charge in [-0.25, -0.2) is 8.42 Å². The summed E-state index contributed by atoms with van der Waals surface area (Å²) in [6.07, 6.45) is 3.68. The molecule has 3 rings (SSSR count).